The molecule has 0 spiro atoms. The van der Waals surface area contributed by atoms with E-state index in [4.69, 9.17) is 19.3 Å². The van der Waals surface area contributed by atoms with E-state index in [-0.39, 0.29) is 6.42 Å². The van der Waals surface area contributed by atoms with Gasteiger partial charge in [0.1, 0.15) is 6.61 Å². The van der Waals surface area contributed by atoms with Gasteiger partial charge < -0.3 is 19.3 Å². The summed E-state index contributed by atoms with van der Waals surface area (Å²) < 4.78 is 25.4. The molecule has 0 saturated heterocycles. The van der Waals surface area contributed by atoms with E-state index in [9.17, 15) is 14.2 Å². The van der Waals surface area contributed by atoms with Gasteiger partial charge in [-0.3, -0.25) is 9.32 Å². The van der Waals surface area contributed by atoms with E-state index in [0.717, 1.165) is 19.3 Å². The number of esters is 2. The normalized spacial score (nSPS) is 10.2. The lowest BCUT2D eigenvalue weighted by Gasteiger charge is -2.17. The molecule has 0 aliphatic carbocycles. The zero-order valence-corrected chi connectivity index (χ0v) is 21.7. The van der Waals surface area contributed by atoms with Crippen molar-refractivity contribution in [3.63, 3.8) is 0 Å². The van der Waals surface area contributed by atoms with Crippen molar-refractivity contribution in [3.05, 3.63) is 0 Å². The molecular formula is C27H33O8P. The average Bonchev–Trinajstić information content (AvgIpc) is 2.83. The number of phosphoric acid groups is 1. The summed E-state index contributed by atoms with van der Waals surface area (Å²) in [7, 11) is -4.80. The first kappa shape index (κ1) is 32.9. The fraction of sp³-hybridized carbons (Fsp3) is 0.556. The molecular weight excluding hydrogens is 483 g/mol. The van der Waals surface area contributed by atoms with Gasteiger partial charge >= 0.3 is 19.8 Å². The van der Waals surface area contributed by atoms with Crippen LogP contribution in [-0.2, 0) is 28.2 Å². The lowest BCUT2D eigenvalue weighted by molar-refractivity contribution is -0.158. The highest BCUT2D eigenvalue weighted by Gasteiger charge is 2.22. The maximum atomic E-state index is 12.1. The quantitative estimate of drug-likeness (QED) is 0.105. The number of ether oxygens (including phenoxy) is 2. The van der Waals surface area contributed by atoms with Crippen molar-refractivity contribution in [2.75, 3.05) is 13.2 Å². The Hall–Kier alpha value is -3.15. The summed E-state index contributed by atoms with van der Waals surface area (Å²) >= 11 is 0. The fourth-order valence-corrected chi connectivity index (χ4v) is 3.02. The number of phosphoric ester groups is 1. The minimum atomic E-state index is -4.80. The van der Waals surface area contributed by atoms with Gasteiger partial charge in [-0.05, 0) is 60.7 Å². The van der Waals surface area contributed by atoms with Crippen molar-refractivity contribution in [1.29, 1.82) is 0 Å². The molecule has 0 aliphatic rings. The van der Waals surface area contributed by atoms with E-state index < -0.39 is 39.1 Å². The first-order chi connectivity index (χ1) is 17.3. The van der Waals surface area contributed by atoms with Crippen LogP contribution < -0.4 is 0 Å². The third-order valence-electron chi connectivity index (χ3n) is 4.34. The molecule has 0 aliphatic heterocycles. The molecule has 0 amide bonds. The Kier molecular flexibility index (Phi) is 20.4. The van der Waals surface area contributed by atoms with Crippen LogP contribution in [0.25, 0.3) is 0 Å². The van der Waals surface area contributed by atoms with Gasteiger partial charge in [0.05, 0.1) is 6.61 Å². The van der Waals surface area contributed by atoms with Crippen LogP contribution in [0.2, 0.25) is 0 Å². The van der Waals surface area contributed by atoms with Gasteiger partial charge in [-0.2, -0.15) is 0 Å². The SMILES string of the molecule is CC#CC#CC#CC#CC#CC(=O)OC[C@@H](COP(=O)(O)O)OC(=O)CCCCCCCCCCC. The third kappa shape index (κ3) is 24.0. The Morgan fingerprint density at radius 3 is 1.86 bits per heavy atom. The zero-order chi connectivity index (χ0) is 26.9. The van der Waals surface area contributed by atoms with E-state index in [1.54, 1.807) is 6.92 Å². The van der Waals surface area contributed by atoms with Crippen molar-refractivity contribution in [1.82, 2.24) is 0 Å². The molecule has 0 fully saturated rings. The number of carbonyl (C=O) groups excluding carboxylic acids is 2. The second-order valence-corrected chi connectivity index (χ2v) is 8.69. The Morgan fingerprint density at radius 2 is 1.31 bits per heavy atom. The van der Waals surface area contributed by atoms with Crippen molar-refractivity contribution >= 4 is 19.8 Å². The zero-order valence-electron chi connectivity index (χ0n) is 20.9. The second-order valence-electron chi connectivity index (χ2n) is 7.45. The predicted molar refractivity (Wildman–Crippen MR) is 135 cm³/mol. The van der Waals surface area contributed by atoms with Gasteiger partial charge in [-0.25, -0.2) is 9.36 Å². The number of hydrogen-bond donors (Lipinski definition) is 2. The van der Waals surface area contributed by atoms with E-state index in [1.165, 1.54) is 32.1 Å². The van der Waals surface area contributed by atoms with Crippen LogP contribution in [0.3, 0.4) is 0 Å². The third-order valence-corrected chi connectivity index (χ3v) is 4.82. The van der Waals surface area contributed by atoms with Crippen LogP contribution in [0.1, 0.15) is 78.1 Å². The summed E-state index contributed by atoms with van der Waals surface area (Å²) in [5, 5.41) is 0. The summed E-state index contributed by atoms with van der Waals surface area (Å²) in [6, 6.07) is 0. The van der Waals surface area contributed by atoms with Crippen LogP contribution in [0.5, 0.6) is 0 Å². The molecule has 36 heavy (non-hydrogen) atoms. The molecule has 194 valence electrons. The van der Waals surface area contributed by atoms with Crippen LogP contribution in [0.15, 0.2) is 0 Å². The molecule has 0 radical (unpaired) electrons. The number of carbonyl (C=O) groups is 2. The molecule has 0 aromatic heterocycles. The van der Waals surface area contributed by atoms with Crippen molar-refractivity contribution in [3.8, 4) is 59.2 Å². The van der Waals surface area contributed by atoms with Gasteiger partial charge in [0, 0.05) is 12.3 Å². The lowest BCUT2D eigenvalue weighted by atomic mass is 10.1. The largest absolute Gasteiger partial charge is 0.469 e. The molecule has 1 atom stereocenters. The summed E-state index contributed by atoms with van der Waals surface area (Å²) in [6.07, 6.45) is 8.73. The lowest BCUT2D eigenvalue weighted by Crippen LogP contribution is -2.29. The molecule has 0 bridgehead atoms. The highest BCUT2D eigenvalue weighted by Crippen LogP contribution is 2.35. The summed E-state index contributed by atoms with van der Waals surface area (Å²) in [5.41, 5.74) is 0. The monoisotopic (exact) mass is 516 g/mol. The van der Waals surface area contributed by atoms with Crippen LogP contribution >= 0.6 is 7.82 Å². The molecule has 0 unspecified atom stereocenters. The summed E-state index contributed by atoms with van der Waals surface area (Å²) in [5.74, 6) is 22.3. The van der Waals surface area contributed by atoms with Crippen LogP contribution in [0, 0.1) is 59.2 Å². The topological polar surface area (TPSA) is 119 Å². The maximum Gasteiger partial charge on any atom is 0.469 e. The van der Waals surface area contributed by atoms with Gasteiger partial charge in [0.25, 0.3) is 0 Å². The minimum Gasteiger partial charge on any atom is -0.456 e. The van der Waals surface area contributed by atoms with Gasteiger partial charge in [-0.15, -0.1) is 0 Å². The van der Waals surface area contributed by atoms with Crippen molar-refractivity contribution < 1.29 is 37.9 Å². The summed E-state index contributed by atoms with van der Waals surface area (Å²) in [4.78, 5) is 41.6. The molecule has 8 nitrogen and oxygen atoms in total. The smallest absolute Gasteiger partial charge is 0.456 e. The average molecular weight is 517 g/mol. The van der Waals surface area contributed by atoms with Gasteiger partial charge in [-0.1, -0.05) is 64.2 Å². The van der Waals surface area contributed by atoms with Crippen molar-refractivity contribution in [2.24, 2.45) is 0 Å². The van der Waals surface area contributed by atoms with Crippen LogP contribution in [0.4, 0.5) is 0 Å². The van der Waals surface area contributed by atoms with E-state index in [1.807, 2.05) is 0 Å². The first-order valence-electron chi connectivity index (χ1n) is 11.8. The minimum absolute atomic E-state index is 0.141. The van der Waals surface area contributed by atoms with Crippen molar-refractivity contribution in [2.45, 2.75) is 84.2 Å². The Morgan fingerprint density at radius 1 is 0.778 bits per heavy atom. The second kappa shape index (κ2) is 22.3. The Balaban J connectivity index is 4.50. The Bertz CT molecular complexity index is 1030. The molecule has 0 heterocycles. The molecule has 9 heteroatoms. The highest BCUT2D eigenvalue weighted by atomic mass is 31.2. The molecule has 0 saturated carbocycles. The van der Waals surface area contributed by atoms with E-state index >= 15 is 0 Å². The van der Waals surface area contributed by atoms with E-state index in [2.05, 4.69) is 70.7 Å². The van der Waals surface area contributed by atoms with Gasteiger partial charge in [0.2, 0.25) is 0 Å². The fourth-order valence-electron chi connectivity index (χ4n) is 2.66. The highest BCUT2D eigenvalue weighted by molar-refractivity contribution is 7.46. The Labute approximate surface area is 214 Å². The van der Waals surface area contributed by atoms with E-state index in [0.29, 0.717) is 6.42 Å². The molecule has 0 aromatic carbocycles. The molecule has 0 rings (SSSR count). The maximum absolute atomic E-state index is 12.1. The predicted octanol–water partition coefficient (Wildman–Crippen LogP) is 3.51. The van der Waals surface area contributed by atoms with Gasteiger partial charge in [0.15, 0.2) is 6.10 Å². The summed E-state index contributed by atoms with van der Waals surface area (Å²) in [6.45, 7) is 2.69. The first-order valence-corrected chi connectivity index (χ1v) is 13.3. The number of rotatable bonds is 16. The standard InChI is InChI=1S/C27H33O8P/c1-3-5-7-9-11-13-15-17-19-21-26(28)33-23-25(24-34-36(30,31)32)35-27(29)22-20-18-16-14-12-10-8-6-4-2/h25H,4,6,8,10,12,14,16,18,20,22-24H2,1-2H3,(H2,30,31,32)/t25-/m0/s1. The molecule has 0 aromatic rings. The number of unbranched alkanes of at least 4 members (excludes halogenated alkanes) is 8. The molecule has 2 N–H and O–H groups in total. The number of hydrogen-bond acceptors (Lipinski definition) is 6. The van der Waals surface area contributed by atoms with Crippen LogP contribution in [-0.4, -0.2) is 41.0 Å².